The predicted molar refractivity (Wildman–Crippen MR) is 57.0 cm³/mol. The maximum Gasteiger partial charge on any atom is 0.0240 e. The number of rotatable bonds is 2. The summed E-state index contributed by atoms with van der Waals surface area (Å²) in [7, 11) is 0. The molecule has 1 N–H and O–H groups in total. The monoisotopic (exact) mass is 188 g/mol. The lowest BCUT2D eigenvalue weighted by Crippen LogP contribution is -2.42. The Hall–Kier alpha value is -0.860. The molecule has 2 aliphatic heterocycles. The molecular formula is C12H16N2. The third-order valence-corrected chi connectivity index (χ3v) is 3.40. The van der Waals surface area contributed by atoms with E-state index in [0.29, 0.717) is 0 Å². The van der Waals surface area contributed by atoms with Crippen LogP contribution in [0.5, 0.6) is 0 Å². The van der Waals surface area contributed by atoms with Gasteiger partial charge >= 0.3 is 0 Å². The predicted octanol–water partition coefficient (Wildman–Crippen LogP) is 1.23. The Labute approximate surface area is 84.9 Å². The van der Waals surface area contributed by atoms with Gasteiger partial charge in [-0.3, -0.25) is 4.90 Å². The maximum absolute atomic E-state index is 3.53. The van der Waals surface area contributed by atoms with Gasteiger partial charge in [-0.15, -0.1) is 0 Å². The van der Waals surface area contributed by atoms with Crippen molar-refractivity contribution in [2.45, 2.75) is 25.0 Å². The number of nitrogens with zero attached hydrogens (tertiary/aromatic N) is 1. The Morgan fingerprint density at radius 1 is 1.29 bits per heavy atom. The van der Waals surface area contributed by atoms with E-state index >= 15 is 0 Å². The Morgan fingerprint density at radius 2 is 2.14 bits per heavy atom. The third kappa shape index (κ3) is 1.45. The van der Waals surface area contributed by atoms with E-state index in [1.54, 1.807) is 0 Å². The number of fused-ring (bicyclic) bond motifs is 2. The van der Waals surface area contributed by atoms with E-state index in [9.17, 15) is 0 Å². The molecule has 1 aromatic rings. The van der Waals surface area contributed by atoms with Crippen LogP contribution >= 0.6 is 0 Å². The summed E-state index contributed by atoms with van der Waals surface area (Å²) >= 11 is 0. The zero-order valence-corrected chi connectivity index (χ0v) is 8.32. The molecule has 3 rings (SSSR count). The third-order valence-electron chi connectivity index (χ3n) is 3.40. The molecule has 0 aliphatic carbocycles. The van der Waals surface area contributed by atoms with Crippen LogP contribution in [-0.4, -0.2) is 30.1 Å². The first kappa shape index (κ1) is 8.45. The first-order valence-electron chi connectivity index (χ1n) is 5.43. The molecule has 2 atom stereocenters. The molecule has 2 aliphatic rings. The molecule has 2 bridgehead atoms. The van der Waals surface area contributed by atoms with E-state index in [-0.39, 0.29) is 0 Å². The lowest BCUT2D eigenvalue weighted by molar-refractivity contribution is 0.218. The van der Waals surface area contributed by atoms with Crippen LogP contribution in [0.1, 0.15) is 12.0 Å². The molecule has 0 saturated carbocycles. The van der Waals surface area contributed by atoms with E-state index < -0.39 is 0 Å². The van der Waals surface area contributed by atoms with Crippen molar-refractivity contribution >= 4 is 0 Å². The summed E-state index contributed by atoms with van der Waals surface area (Å²) in [5.74, 6) is 0. The highest BCUT2D eigenvalue weighted by molar-refractivity contribution is 5.15. The van der Waals surface area contributed by atoms with Gasteiger partial charge in [0.25, 0.3) is 0 Å². The highest BCUT2D eigenvalue weighted by Gasteiger charge is 2.36. The molecule has 0 unspecified atom stereocenters. The van der Waals surface area contributed by atoms with E-state index in [2.05, 4.69) is 40.5 Å². The van der Waals surface area contributed by atoms with Gasteiger partial charge in [-0.1, -0.05) is 30.3 Å². The van der Waals surface area contributed by atoms with Crippen molar-refractivity contribution in [3.05, 3.63) is 35.9 Å². The molecule has 2 heteroatoms. The summed E-state index contributed by atoms with van der Waals surface area (Å²) < 4.78 is 0. The van der Waals surface area contributed by atoms with Gasteiger partial charge in [0.1, 0.15) is 0 Å². The fourth-order valence-electron chi connectivity index (χ4n) is 2.66. The van der Waals surface area contributed by atoms with Gasteiger partial charge in [0.15, 0.2) is 0 Å². The summed E-state index contributed by atoms with van der Waals surface area (Å²) in [6.45, 7) is 3.56. The van der Waals surface area contributed by atoms with Gasteiger partial charge < -0.3 is 5.32 Å². The fourth-order valence-corrected chi connectivity index (χ4v) is 2.66. The molecule has 1 aromatic carbocycles. The first-order valence-corrected chi connectivity index (χ1v) is 5.43. The molecule has 0 aromatic heterocycles. The fraction of sp³-hybridized carbons (Fsp3) is 0.500. The topological polar surface area (TPSA) is 15.3 Å². The normalized spacial score (nSPS) is 31.1. The quantitative estimate of drug-likeness (QED) is 0.751. The molecule has 14 heavy (non-hydrogen) atoms. The lowest BCUT2D eigenvalue weighted by Gasteiger charge is -2.27. The summed E-state index contributed by atoms with van der Waals surface area (Å²) in [4.78, 5) is 2.61. The van der Waals surface area contributed by atoms with Gasteiger partial charge in [-0.25, -0.2) is 0 Å². The van der Waals surface area contributed by atoms with Crippen LogP contribution in [0.4, 0.5) is 0 Å². The summed E-state index contributed by atoms with van der Waals surface area (Å²) in [6, 6.07) is 12.3. The highest BCUT2D eigenvalue weighted by atomic mass is 15.3. The Bertz CT molecular complexity index is 309. The minimum atomic E-state index is 0.767. The van der Waals surface area contributed by atoms with Crippen molar-refractivity contribution < 1.29 is 0 Å². The maximum atomic E-state index is 3.53. The van der Waals surface area contributed by atoms with Crippen molar-refractivity contribution in [2.75, 3.05) is 13.1 Å². The zero-order valence-electron chi connectivity index (χ0n) is 8.32. The standard InChI is InChI=1S/C12H16N2/c1-2-4-10(5-3-1)8-14-9-11-6-12(14)7-13-11/h1-5,11-13H,6-9H2/t11-,12+/m1/s1. The van der Waals surface area contributed by atoms with Gasteiger partial charge in [0, 0.05) is 31.7 Å². The number of hydrogen-bond donors (Lipinski definition) is 1. The van der Waals surface area contributed by atoms with E-state index in [1.165, 1.54) is 25.1 Å². The number of likely N-dealkylation sites (tertiary alicyclic amines) is 1. The van der Waals surface area contributed by atoms with Crippen molar-refractivity contribution in [2.24, 2.45) is 0 Å². The summed E-state index contributed by atoms with van der Waals surface area (Å²) in [5, 5.41) is 3.53. The minimum absolute atomic E-state index is 0.767. The van der Waals surface area contributed by atoms with Crippen LogP contribution in [0, 0.1) is 0 Å². The van der Waals surface area contributed by atoms with Crippen molar-refractivity contribution in [3.63, 3.8) is 0 Å². The van der Waals surface area contributed by atoms with Crippen molar-refractivity contribution in [1.82, 2.24) is 10.2 Å². The summed E-state index contributed by atoms with van der Waals surface area (Å²) in [6.07, 6.45) is 1.35. The second-order valence-electron chi connectivity index (χ2n) is 4.41. The number of piperazine rings is 1. The van der Waals surface area contributed by atoms with Crippen LogP contribution in [0.25, 0.3) is 0 Å². The van der Waals surface area contributed by atoms with E-state index in [0.717, 1.165) is 18.6 Å². The van der Waals surface area contributed by atoms with Gasteiger partial charge in [0.05, 0.1) is 0 Å². The molecule has 2 saturated heterocycles. The molecule has 0 radical (unpaired) electrons. The Balaban J connectivity index is 1.69. The molecule has 2 heterocycles. The van der Waals surface area contributed by atoms with Crippen molar-refractivity contribution in [3.8, 4) is 0 Å². The smallest absolute Gasteiger partial charge is 0.0240 e. The largest absolute Gasteiger partial charge is 0.311 e. The van der Waals surface area contributed by atoms with Gasteiger partial charge in [-0.2, -0.15) is 0 Å². The lowest BCUT2D eigenvalue weighted by atomic mass is 10.2. The SMILES string of the molecule is c1ccc(CN2C[C@H]3C[C@H]2CN3)cc1. The Morgan fingerprint density at radius 3 is 2.79 bits per heavy atom. The average molecular weight is 188 g/mol. The summed E-state index contributed by atoms with van der Waals surface area (Å²) in [5.41, 5.74) is 1.44. The second-order valence-corrected chi connectivity index (χ2v) is 4.41. The molecule has 0 amide bonds. The van der Waals surface area contributed by atoms with Crippen molar-refractivity contribution in [1.29, 1.82) is 0 Å². The number of hydrogen-bond acceptors (Lipinski definition) is 2. The average Bonchev–Trinajstić information content (AvgIpc) is 2.81. The second kappa shape index (κ2) is 3.37. The minimum Gasteiger partial charge on any atom is -0.311 e. The first-order chi connectivity index (χ1) is 6.92. The molecular weight excluding hydrogens is 172 g/mol. The van der Waals surface area contributed by atoms with E-state index in [1.807, 2.05) is 0 Å². The zero-order chi connectivity index (χ0) is 9.38. The Kier molecular flexibility index (Phi) is 2.03. The number of benzene rings is 1. The highest BCUT2D eigenvalue weighted by Crippen LogP contribution is 2.24. The molecule has 74 valence electrons. The molecule has 0 spiro atoms. The molecule has 2 fully saturated rings. The molecule has 2 nitrogen and oxygen atoms in total. The van der Waals surface area contributed by atoms with Crippen LogP contribution in [-0.2, 0) is 6.54 Å². The van der Waals surface area contributed by atoms with Crippen LogP contribution in [0.3, 0.4) is 0 Å². The van der Waals surface area contributed by atoms with Crippen LogP contribution < -0.4 is 5.32 Å². The van der Waals surface area contributed by atoms with Crippen LogP contribution in [0.15, 0.2) is 30.3 Å². The van der Waals surface area contributed by atoms with E-state index in [4.69, 9.17) is 0 Å². The number of nitrogens with one attached hydrogen (secondary N) is 1. The van der Waals surface area contributed by atoms with Gasteiger partial charge in [0.2, 0.25) is 0 Å². The van der Waals surface area contributed by atoms with Crippen LogP contribution in [0.2, 0.25) is 0 Å². The van der Waals surface area contributed by atoms with Gasteiger partial charge in [-0.05, 0) is 12.0 Å².